The lowest BCUT2D eigenvalue weighted by atomic mass is 10.1. The second-order valence-electron chi connectivity index (χ2n) is 4.70. The highest BCUT2D eigenvalue weighted by molar-refractivity contribution is 6.31. The fourth-order valence-electron chi connectivity index (χ4n) is 2.13. The van der Waals surface area contributed by atoms with Crippen LogP contribution < -0.4 is 0 Å². The Balaban J connectivity index is 1.90. The first-order valence-corrected chi connectivity index (χ1v) is 6.84. The number of rotatable bonds is 3. The van der Waals surface area contributed by atoms with Gasteiger partial charge in [-0.1, -0.05) is 23.7 Å². The summed E-state index contributed by atoms with van der Waals surface area (Å²) in [6.07, 6.45) is 2.20. The average Bonchev–Trinajstić information content (AvgIpc) is 2.90. The van der Waals surface area contributed by atoms with E-state index in [1.807, 2.05) is 48.7 Å². The van der Waals surface area contributed by atoms with Crippen molar-refractivity contribution >= 4 is 28.5 Å². The van der Waals surface area contributed by atoms with Crippen LogP contribution in [0, 0.1) is 0 Å². The largest absolute Gasteiger partial charge is 0.469 e. The van der Waals surface area contributed by atoms with Gasteiger partial charge in [0.1, 0.15) is 0 Å². The second-order valence-corrected chi connectivity index (χ2v) is 5.13. The van der Waals surface area contributed by atoms with Gasteiger partial charge >= 0.3 is 5.97 Å². The molecule has 5 heteroatoms. The SMILES string of the molecule is COC(=O)Cc1ccc(-n2cc3cc(Cl)ccc3n2)cc1. The lowest BCUT2D eigenvalue weighted by Gasteiger charge is -2.03. The number of halogens is 1. The molecule has 0 saturated carbocycles. The summed E-state index contributed by atoms with van der Waals surface area (Å²) < 4.78 is 6.45. The molecule has 106 valence electrons. The summed E-state index contributed by atoms with van der Waals surface area (Å²) in [4.78, 5) is 11.2. The quantitative estimate of drug-likeness (QED) is 0.696. The summed E-state index contributed by atoms with van der Waals surface area (Å²) in [6, 6.07) is 13.2. The molecule has 0 amide bonds. The number of hydrogen-bond donors (Lipinski definition) is 0. The first-order chi connectivity index (χ1) is 10.2. The highest BCUT2D eigenvalue weighted by atomic mass is 35.5. The lowest BCUT2D eigenvalue weighted by Crippen LogP contribution is -2.04. The van der Waals surface area contributed by atoms with Crippen LogP contribution in [0.4, 0.5) is 0 Å². The van der Waals surface area contributed by atoms with Crippen LogP contribution in [0.25, 0.3) is 16.6 Å². The minimum atomic E-state index is -0.248. The van der Waals surface area contributed by atoms with E-state index in [0.717, 1.165) is 22.2 Å². The molecule has 2 aromatic carbocycles. The van der Waals surface area contributed by atoms with E-state index in [1.54, 1.807) is 4.68 Å². The minimum absolute atomic E-state index is 0.248. The van der Waals surface area contributed by atoms with Gasteiger partial charge in [-0.25, -0.2) is 4.68 Å². The lowest BCUT2D eigenvalue weighted by molar-refractivity contribution is -0.139. The maximum Gasteiger partial charge on any atom is 0.309 e. The van der Waals surface area contributed by atoms with Gasteiger partial charge in [0.15, 0.2) is 0 Å². The Morgan fingerprint density at radius 3 is 2.71 bits per heavy atom. The smallest absolute Gasteiger partial charge is 0.309 e. The number of nitrogens with zero attached hydrogens (tertiary/aromatic N) is 2. The molecule has 0 radical (unpaired) electrons. The van der Waals surface area contributed by atoms with Crippen LogP contribution in [-0.4, -0.2) is 22.9 Å². The van der Waals surface area contributed by atoms with Crippen LogP contribution in [0.3, 0.4) is 0 Å². The number of benzene rings is 2. The number of hydrogen-bond acceptors (Lipinski definition) is 3. The zero-order valence-electron chi connectivity index (χ0n) is 11.4. The highest BCUT2D eigenvalue weighted by Crippen LogP contribution is 2.20. The summed E-state index contributed by atoms with van der Waals surface area (Å²) in [5.41, 5.74) is 2.72. The van der Waals surface area contributed by atoms with Crippen molar-refractivity contribution in [1.82, 2.24) is 9.78 Å². The first-order valence-electron chi connectivity index (χ1n) is 6.47. The number of ether oxygens (including phenoxy) is 1. The van der Waals surface area contributed by atoms with E-state index in [-0.39, 0.29) is 12.4 Å². The van der Waals surface area contributed by atoms with E-state index >= 15 is 0 Å². The summed E-state index contributed by atoms with van der Waals surface area (Å²) in [5, 5.41) is 6.17. The summed E-state index contributed by atoms with van der Waals surface area (Å²) >= 11 is 5.98. The molecule has 0 bridgehead atoms. The molecule has 4 nitrogen and oxygen atoms in total. The molecule has 0 unspecified atom stereocenters. The van der Waals surface area contributed by atoms with Gasteiger partial charge in [-0.05, 0) is 35.9 Å². The van der Waals surface area contributed by atoms with Crippen molar-refractivity contribution in [3.05, 3.63) is 59.2 Å². The molecule has 1 aromatic heterocycles. The topological polar surface area (TPSA) is 44.1 Å². The van der Waals surface area contributed by atoms with Gasteiger partial charge in [0.2, 0.25) is 0 Å². The van der Waals surface area contributed by atoms with Gasteiger partial charge in [-0.2, -0.15) is 5.10 Å². The molecule has 3 rings (SSSR count). The molecule has 21 heavy (non-hydrogen) atoms. The third kappa shape index (κ3) is 2.90. The van der Waals surface area contributed by atoms with Crippen molar-refractivity contribution < 1.29 is 9.53 Å². The third-order valence-electron chi connectivity index (χ3n) is 3.24. The molecular formula is C16H13ClN2O2. The number of aromatic nitrogens is 2. The monoisotopic (exact) mass is 300 g/mol. The molecule has 0 aliphatic carbocycles. The van der Waals surface area contributed by atoms with Crippen molar-refractivity contribution in [3.63, 3.8) is 0 Å². The summed E-state index contributed by atoms with van der Waals surface area (Å²) in [5.74, 6) is -0.248. The van der Waals surface area contributed by atoms with Crippen molar-refractivity contribution in [3.8, 4) is 5.69 Å². The molecule has 0 aliphatic heterocycles. The second kappa shape index (κ2) is 5.58. The fraction of sp³-hybridized carbons (Fsp3) is 0.125. The van der Waals surface area contributed by atoms with Gasteiger partial charge in [-0.3, -0.25) is 4.79 Å². The Bertz CT molecular complexity index is 794. The molecular weight excluding hydrogens is 288 g/mol. The average molecular weight is 301 g/mol. The van der Waals surface area contributed by atoms with Crippen LogP contribution in [0.15, 0.2) is 48.7 Å². The maximum atomic E-state index is 11.2. The minimum Gasteiger partial charge on any atom is -0.469 e. The zero-order chi connectivity index (χ0) is 14.8. The Kier molecular flexibility index (Phi) is 3.62. The van der Waals surface area contributed by atoms with Crippen LogP contribution in [0.5, 0.6) is 0 Å². The Labute approximate surface area is 126 Å². The van der Waals surface area contributed by atoms with Crippen molar-refractivity contribution in [2.45, 2.75) is 6.42 Å². The van der Waals surface area contributed by atoms with Gasteiger partial charge in [-0.15, -0.1) is 0 Å². The van der Waals surface area contributed by atoms with E-state index in [0.29, 0.717) is 5.02 Å². The molecule has 3 aromatic rings. The van der Waals surface area contributed by atoms with Crippen molar-refractivity contribution in [2.75, 3.05) is 7.11 Å². The molecule has 0 aliphatic rings. The number of carbonyl (C=O) groups is 1. The normalized spacial score (nSPS) is 10.8. The predicted octanol–water partition coefficient (Wildman–Crippen LogP) is 3.39. The van der Waals surface area contributed by atoms with Crippen LogP contribution in [-0.2, 0) is 16.0 Å². The first kappa shape index (κ1) is 13.6. The van der Waals surface area contributed by atoms with E-state index in [1.165, 1.54) is 7.11 Å². The Hall–Kier alpha value is -2.33. The summed E-state index contributed by atoms with van der Waals surface area (Å²) in [7, 11) is 1.39. The molecule has 0 fully saturated rings. The van der Waals surface area contributed by atoms with Crippen LogP contribution in [0.2, 0.25) is 5.02 Å². The number of carbonyl (C=O) groups excluding carboxylic acids is 1. The number of fused-ring (bicyclic) bond motifs is 1. The number of esters is 1. The van der Waals surface area contributed by atoms with Crippen LogP contribution in [0.1, 0.15) is 5.56 Å². The van der Waals surface area contributed by atoms with Gasteiger partial charge in [0.05, 0.1) is 24.7 Å². The van der Waals surface area contributed by atoms with E-state index in [2.05, 4.69) is 9.84 Å². The van der Waals surface area contributed by atoms with E-state index in [4.69, 9.17) is 11.6 Å². The van der Waals surface area contributed by atoms with Gasteiger partial charge in [0.25, 0.3) is 0 Å². The van der Waals surface area contributed by atoms with Gasteiger partial charge in [0, 0.05) is 16.6 Å². The highest BCUT2D eigenvalue weighted by Gasteiger charge is 2.05. The predicted molar refractivity (Wildman–Crippen MR) is 81.8 cm³/mol. The van der Waals surface area contributed by atoms with E-state index < -0.39 is 0 Å². The molecule has 0 saturated heterocycles. The van der Waals surface area contributed by atoms with Crippen molar-refractivity contribution in [1.29, 1.82) is 0 Å². The van der Waals surface area contributed by atoms with E-state index in [9.17, 15) is 4.79 Å². The van der Waals surface area contributed by atoms with Gasteiger partial charge < -0.3 is 4.74 Å². The Morgan fingerprint density at radius 2 is 2.00 bits per heavy atom. The molecule has 0 N–H and O–H groups in total. The molecule has 1 heterocycles. The summed E-state index contributed by atoms with van der Waals surface area (Å²) in [6.45, 7) is 0. The molecule has 0 atom stereocenters. The third-order valence-corrected chi connectivity index (χ3v) is 3.48. The fourth-order valence-corrected chi connectivity index (χ4v) is 2.31. The maximum absolute atomic E-state index is 11.2. The molecule has 0 spiro atoms. The van der Waals surface area contributed by atoms with Crippen LogP contribution >= 0.6 is 11.6 Å². The number of methoxy groups -OCH3 is 1. The standard InChI is InChI=1S/C16H13ClN2O2/c1-21-16(20)8-11-2-5-14(6-3-11)19-10-12-9-13(17)4-7-15(12)18-19/h2-7,9-10H,8H2,1H3. The Morgan fingerprint density at radius 1 is 1.24 bits per heavy atom. The van der Waals surface area contributed by atoms with Crippen molar-refractivity contribution in [2.24, 2.45) is 0 Å². The zero-order valence-corrected chi connectivity index (χ0v) is 12.2.